The van der Waals surface area contributed by atoms with Gasteiger partial charge in [0.25, 0.3) is 0 Å². The van der Waals surface area contributed by atoms with Gasteiger partial charge in [-0.05, 0) is 0 Å². The molecular weight excluding hydrogens is 168 g/mol. The Morgan fingerprint density at radius 1 is 1.83 bits per heavy atom. The lowest BCUT2D eigenvalue weighted by Gasteiger charge is -1.85. The summed E-state index contributed by atoms with van der Waals surface area (Å²) in [6, 6.07) is 0. The molecule has 0 aliphatic rings. The molecule has 64 valence electrons. The second kappa shape index (κ2) is 2.49. The first-order valence-corrected chi connectivity index (χ1v) is 2.75. The van der Waals surface area contributed by atoms with Crippen LogP contribution in [-0.4, -0.2) is 25.9 Å². The van der Waals surface area contributed by atoms with Gasteiger partial charge in [0.1, 0.15) is 6.20 Å². The number of aromatic nitrogens is 2. The molecule has 0 unspecified atom stereocenters. The maximum absolute atomic E-state index is 10.3. The predicted octanol–water partition coefficient (Wildman–Crippen LogP) is -0.797. The fraction of sp³-hybridized carbons (Fsp3) is 0. The third-order valence-corrected chi connectivity index (χ3v) is 1.11. The first kappa shape index (κ1) is 7.98. The van der Waals surface area contributed by atoms with E-state index in [1.54, 1.807) is 0 Å². The van der Waals surface area contributed by atoms with Gasteiger partial charge in [0.05, 0.1) is 4.92 Å². The number of nitrogens with two attached hydrogens (primary N) is 1. The highest BCUT2D eigenvalue weighted by atomic mass is 16.6. The van der Waals surface area contributed by atoms with Gasteiger partial charge < -0.3 is 10.9 Å². The summed E-state index contributed by atoms with van der Waals surface area (Å²) in [5, 5.41) is 21.7. The average Bonchev–Trinajstić information content (AvgIpc) is 2.31. The molecule has 12 heavy (non-hydrogen) atoms. The molecule has 0 amide bonds. The number of nitro groups is 1. The Morgan fingerprint density at radius 2 is 2.42 bits per heavy atom. The molecule has 8 nitrogen and oxygen atoms in total. The van der Waals surface area contributed by atoms with Crippen LogP contribution in [0.2, 0.25) is 0 Å². The minimum atomic E-state index is -1.48. The van der Waals surface area contributed by atoms with Crippen LogP contribution in [0.5, 0.6) is 0 Å². The normalized spacial score (nSPS) is 9.67. The summed E-state index contributed by atoms with van der Waals surface area (Å²) in [6.07, 6.45) is 0.823. The molecule has 0 bridgehead atoms. The monoisotopic (exact) mass is 172 g/mol. The zero-order valence-electron chi connectivity index (χ0n) is 5.67. The Hall–Kier alpha value is -2.12. The van der Waals surface area contributed by atoms with Crippen LogP contribution in [0.3, 0.4) is 0 Å². The molecule has 0 aliphatic heterocycles. The molecule has 0 spiro atoms. The molecule has 0 aliphatic carbocycles. The largest absolute Gasteiger partial charge is 0.476 e. The lowest BCUT2D eigenvalue weighted by molar-refractivity contribution is -0.385. The molecule has 0 fully saturated rings. The average molecular weight is 172 g/mol. The first-order chi connectivity index (χ1) is 5.52. The van der Waals surface area contributed by atoms with Crippen LogP contribution in [0, 0.1) is 10.1 Å². The van der Waals surface area contributed by atoms with Gasteiger partial charge in [0.2, 0.25) is 5.69 Å². The van der Waals surface area contributed by atoms with Crippen LogP contribution in [0.15, 0.2) is 6.20 Å². The van der Waals surface area contributed by atoms with Crippen LogP contribution in [0.25, 0.3) is 0 Å². The summed E-state index contributed by atoms with van der Waals surface area (Å²) in [6.45, 7) is 0. The van der Waals surface area contributed by atoms with Crippen molar-refractivity contribution in [2.24, 2.45) is 0 Å². The number of hydrogen-bond donors (Lipinski definition) is 2. The van der Waals surface area contributed by atoms with E-state index in [2.05, 4.69) is 5.10 Å². The number of carboxylic acids is 1. The molecule has 0 radical (unpaired) electrons. The maximum Gasteiger partial charge on any atom is 0.363 e. The smallest absolute Gasteiger partial charge is 0.363 e. The minimum absolute atomic E-state index is 0.585. The summed E-state index contributed by atoms with van der Waals surface area (Å²) in [7, 11) is 0. The van der Waals surface area contributed by atoms with Crippen LogP contribution in [-0.2, 0) is 0 Å². The van der Waals surface area contributed by atoms with E-state index in [4.69, 9.17) is 10.9 Å². The molecule has 0 aromatic carbocycles. The Bertz CT molecular complexity index is 311. The van der Waals surface area contributed by atoms with Gasteiger partial charge in [-0.25, -0.2) is 4.79 Å². The summed E-state index contributed by atoms with van der Waals surface area (Å²) < 4.78 is 0. The zero-order valence-corrected chi connectivity index (χ0v) is 5.67. The van der Waals surface area contributed by atoms with Crippen molar-refractivity contribution < 1.29 is 14.8 Å². The second-order valence-electron chi connectivity index (χ2n) is 1.91. The van der Waals surface area contributed by atoms with Crippen LogP contribution >= 0.6 is 0 Å². The van der Waals surface area contributed by atoms with Crippen molar-refractivity contribution in [2.75, 3.05) is 5.84 Å². The zero-order chi connectivity index (χ0) is 9.30. The van der Waals surface area contributed by atoms with Crippen LogP contribution < -0.4 is 5.84 Å². The number of carbonyl (C=O) groups is 1. The lowest BCUT2D eigenvalue weighted by atomic mass is 10.4. The van der Waals surface area contributed by atoms with E-state index in [0.29, 0.717) is 4.79 Å². The van der Waals surface area contributed by atoms with Gasteiger partial charge >= 0.3 is 11.7 Å². The SMILES string of the molecule is Nn1cc([N+](=O)[O-])c(C(=O)O)n1. The van der Waals surface area contributed by atoms with Crippen LogP contribution in [0.1, 0.15) is 10.5 Å². The Morgan fingerprint density at radius 3 is 2.75 bits per heavy atom. The van der Waals surface area contributed by atoms with Gasteiger partial charge in [-0.1, -0.05) is 0 Å². The van der Waals surface area contributed by atoms with Crippen molar-refractivity contribution in [2.45, 2.75) is 0 Å². The molecule has 1 heterocycles. The Balaban J connectivity index is 3.26. The molecule has 3 N–H and O–H groups in total. The molecule has 8 heteroatoms. The van der Waals surface area contributed by atoms with Gasteiger partial charge in [-0.15, -0.1) is 5.10 Å². The molecule has 1 aromatic rings. The van der Waals surface area contributed by atoms with E-state index in [1.165, 1.54) is 0 Å². The van der Waals surface area contributed by atoms with Crippen molar-refractivity contribution in [1.82, 2.24) is 9.89 Å². The van der Waals surface area contributed by atoms with Crippen molar-refractivity contribution in [3.63, 3.8) is 0 Å². The Labute approximate surface area is 65.3 Å². The minimum Gasteiger partial charge on any atom is -0.476 e. The summed E-state index contributed by atoms with van der Waals surface area (Å²) >= 11 is 0. The third kappa shape index (κ3) is 1.17. The number of carboxylic acid groups (broad SMARTS) is 1. The summed E-state index contributed by atoms with van der Waals surface area (Å²) in [4.78, 5) is 20.2. The van der Waals surface area contributed by atoms with Crippen molar-refractivity contribution >= 4 is 11.7 Å². The van der Waals surface area contributed by atoms with Gasteiger partial charge in [0.15, 0.2) is 0 Å². The van der Waals surface area contributed by atoms with E-state index in [1.807, 2.05) is 0 Å². The van der Waals surface area contributed by atoms with Crippen molar-refractivity contribution in [1.29, 1.82) is 0 Å². The predicted molar refractivity (Wildman–Crippen MR) is 36.0 cm³/mol. The molecular formula is C4H4N4O4. The quantitative estimate of drug-likeness (QED) is 0.342. The molecule has 1 rings (SSSR count). The third-order valence-electron chi connectivity index (χ3n) is 1.11. The Kier molecular flexibility index (Phi) is 1.66. The molecule has 1 aromatic heterocycles. The topological polar surface area (TPSA) is 124 Å². The van der Waals surface area contributed by atoms with E-state index < -0.39 is 22.3 Å². The van der Waals surface area contributed by atoms with Gasteiger partial charge in [-0.2, -0.15) is 4.79 Å². The van der Waals surface area contributed by atoms with Gasteiger partial charge in [0, 0.05) is 0 Å². The number of hydrogen-bond acceptors (Lipinski definition) is 5. The van der Waals surface area contributed by atoms with E-state index in [0.717, 1.165) is 6.20 Å². The lowest BCUT2D eigenvalue weighted by Crippen LogP contribution is -2.09. The van der Waals surface area contributed by atoms with Crippen molar-refractivity contribution in [3.8, 4) is 0 Å². The maximum atomic E-state index is 10.3. The van der Waals surface area contributed by atoms with E-state index >= 15 is 0 Å². The fourth-order valence-electron chi connectivity index (χ4n) is 0.668. The second-order valence-corrected chi connectivity index (χ2v) is 1.91. The summed E-state index contributed by atoms with van der Waals surface area (Å²) in [5.74, 6) is 3.51. The number of rotatable bonds is 2. The standard InChI is InChI=1S/C4H4N4O4/c5-7-1-2(8(11)12)3(6-7)4(9)10/h1H,5H2,(H,9,10). The summed E-state index contributed by atoms with van der Waals surface area (Å²) in [5.41, 5.74) is -1.28. The highest BCUT2D eigenvalue weighted by Crippen LogP contribution is 2.14. The first-order valence-electron chi connectivity index (χ1n) is 2.75. The van der Waals surface area contributed by atoms with Crippen LogP contribution in [0.4, 0.5) is 5.69 Å². The van der Waals surface area contributed by atoms with Crippen molar-refractivity contribution in [3.05, 3.63) is 22.0 Å². The van der Waals surface area contributed by atoms with E-state index in [9.17, 15) is 14.9 Å². The van der Waals surface area contributed by atoms with Gasteiger partial charge in [-0.3, -0.25) is 10.1 Å². The number of nitrogens with zero attached hydrogens (tertiary/aromatic N) is 3. The molecule has 0 atom stereocenters. The molecule has 0 saturated carbocycles. The fourth-order valence-corrected chi connectivity index (χ4v) is 0.668. The number of aromatic carboxylic acids is 1. The van der Waals surface area contributed by atoms with E-state index in [-0.39, 0.29) is 0 Å². The number of nitrogen functional groups attached to an aromatic ring is 1. The highest BCUT2D eigenvalue weighted by molar-refractivity contribution is 5.89. The molecule has 0 saturated heterocycles. The highest BCUT2D eigenvalue weighted by Gasteiger charge is 2.24.